The van der Waals surface area contributed by atoms with E-state index >= 15 is 0 Å². The first-order valence-corrected chi connectivity index (χ1v) is 6.98. The van der Waals surface area contributed by atoms with E-state index in [1.165, 1.54) is 6.20 Å². The Balaban J connectivity index is 2.95. The Morgan fingerprint density at radius 2 is 2.29 bits per heavy atom. The molecule has 1 aromatic rings. The van der Waals surface area contributed by atoms with Gasteiger partial charge in [0.15, 0.2) is 9.84 Å². The van der Waals surface area contributed by atoms with E-state index in [1.807, 2.05) is 6.07 Å². The molecule has 0 spiro atoms. The summed E-state index contributed by atoms with van der Waals surface area (Å²) in [5.41, 5.74) is 5.95. The second-order valence-corrected chi connectivity index (χ2v) is 6.24. The van der Waals surface area contributed by atoms with E-state index in [9.17, 15) is 8.42 Å². The number of hydrogen-bond donors (Lipinski definition) is 1. The number of rotatable bonds is 5. The zero-order valence-electron chi connectivity index (χ0n) is 9.63. The highest BCUT2D eigenvalue weighted by atomic mass is 32.2. The standard InChI is InChI=1S/C11H15N3O2S/c1-9(4-5-12)17(15,16)8-10-3-2-6-14-11(10)7-13/h2-3,6,9H,4-5,8,12H2,1H3. The molecule has 0 bridgehead atoms. The lowest BCUT2D eigenvalue weighted by molar-refractivity contribution is 0.577. The Hall–Kier alpha value is -1.45. The van der Waals surface area contributed by atoms with Gasteiger partial charge in [-0.1, -0.05) is 6.07 Å². The minimum Gasteiger partial charge on any atom is -0.330 e. The minimum absolute atomic E-state index is 0.162. The lowest BCUT2D eigenvalue weighted by atomic mass is 10.2. The summed E-state index contributed by atoms with van der Waals surface area (Å²) in [5, 5.41) is 8.33. The van der Waals surface area contributed by atoms with Gasteiger partial charge >= 0.3 is 0 Å². The van der Waals surface area contributed by atoms with E-state index in [0.717, 1.165) is 0 Å². The maximum Gasteiger partial charge on any atom is 0.157 e. The van der Waals surface area contributed by atoms with E-state index in [4.69, 9.17) is 11.0 Å². The highest BCUT2D eigenvalue weighted by molar-refractivity contribution is 7.91. The van der Waals surface area contributed by atoms with Gasteiger partial charge in [-0.15, -0.1) is 0 Å². The molecule has 1 aromatic heterocycles. The molecule has 92 valence electrons. The topological polar surface area (TPSA) is 96.8 Å². The molecule has 0 aliphatic carbocycles. The van der Waals surface area contributed by atoms with Crippen molar-refractivity contribution >= 4 is 9.84 Å². The van der Waals surface area contributed by atoms with Crippen LogP contribution in [0.2, 0.25) is 0 Å². The van der Waals surface area contributed by atoms with Crippen LogP contribution in [0.3, 0.4) is 0 Å². The lowest BCUT2D eigenvalue weighted by Gasteiger charge is -2.12. The van der Waals surface area contributed by atoms with Crippen LogP contribution in [0.1, 0.15) is 24.6 Å². The van der Waals surface area contributed by atoms with Crippen LogP contribution in [-0.2, 0) is 15.6 Å². The summed E-state index contributed by atoms with van der Waals surface area (Å²) in [6.45, 7) is 1.96. The highest BCUT2D eigenvalue weighted by Crippen LogP contribution is 2.15. The third kappa shape index (κ3) is 3.51. The number of pyridine rings is 1. The average Bonchev–Trinajstić information content (AvgIpc) is 2.29. The van der Waals surface area contributed by atoms with E-state index in [2.05, 4.69) is 4.98 Å². The van der Waals surface area contributed by atoms with Crippen molar-refractivity contribution in [1.82, 2.24) is 4.98 Å². The third-order valence-electron chi connectivity index (χ3n) is 2.54. The summed E-state index contributed by atoms with van der Waals surface area (Å²) >= 11 is 0. The smallest absolute Gasteiger partial charge is 0.157 e. The summed E-state index contributed by atoms with van der Waals surface area (Å²) in [7, 11) is -3.28. The molecular formula is C11H15N3O2S. The Kier molecular flexibility index (Phi) is 4.61. The Bertz CT molecular complexity index is 520. The fourth-order valence-corrected chi connectivity index (χ4v) is 2.88. The van der Waals surface area contributed by atoms with Crippen molar-refractivity contribution in [2.24, 2.45) is 5.73 Å². The molecule has 2 N–H and O–H groups in total. The normalized spacial score (nSPS) is 13.0. The minimum atomic E-state index is -3.28. The fourth-order valence-electron chi connectivity index (χ4n) is 1.43. The van der Waals surface area contributed by atoms with Gasteiger partial charge in [0.1, 0.15) is 11.8 Å². The number of sulfone groups is 1. The van der Waals surface area contributed by atoms with Crippen molar-refractivity contribution in [1.29, 1.82) is 5.26 Å². The van der Waals surface area contributed by atoms with Gasteiger partial charge in [-0.2, -0.15) is 5.26 Å². The molecule has 6 heteroatoms. The summed E-state index contributed by atoms with van der Waals surface area (Å²) in [5.74, 6) is -0.162. The van der Waals surface area contributed by atoms with Crippen LogP contribution >= 0.6 is 0 Å². The largest absolute Gasteiger partial charge is 0.330 e. The molecule has 1 rings (SSSR count). The summed E-state index contributed by atoms with van der Waals surface area (Å²) in [4.78, 5) is 3.84. The van der Waals surface area contributed by atoms with Gasteiger partial charge in [0, 0.05) is 11.8 Å². The van der Waals surface area contributed by atoms with Crippen molar-refractivity contribution in [3.05, 3.63) is 29.6 Å². The Labute approximate surface area is 101 Å². The van der Waals surface area contributed by atoms with Crippen LogP contribution in [0.5, 0.6) is 0 Å². The molecule has 0 fully saturated rings. The summed E-state index contributed by atoms with van der Waals surface area (Å²) in [6.07, 6.45) is 1.89. The van der Waals surface area contributed by atoms with Crippen LogP contribution in [0.15, 0.2) is 18.3 Å². The maximum atomic E-state index is 12.0. The van der Waals surface area contributed by atoms with Crippen molar-refractivity contribution < 1.29 is 8.42 Å². The van der Waals surface area contributed by atoms with Crippen LogP contribution in [0.25, 0.3) is 0 Å². The van der Waals surface area contributed by atoms with Gasteiger partial charge < -0.3 is 5.73 Å². The van der Waals surface area contributed by atoms with E-state index in [-0.39, 0.29) is 11.4 Å². The fraction of sp³-hybridized carbons (Fsp3) is 0.455. The molecule has 0 saturated carbocycles. The quantitative estimate of drug-likeness (QED) is 0.829. The molecule has 0 saturated heterocycles. The van der Waals surface area contributed by atoms with Gasteiger partial charge in [0.25, 0.3) is 0 Å². The summed E-state index contributed by atoms with van der Waals surface area (Å²) in [6, 6.07) is 5.12. The third-order valence-corrected chi connectivity index (χ3v) is 4.72. The summed E-state index contributed by atoms with van der Waals surface area (Å²) < 4.78 is 23.9. The molecule has 0 amide bonds. The number of nitrogens with two attached hydrogens (primary N) is 1. The monoisotopic (exact) mass is 253 g/mol. The van der Waals surface area contributed by atoms with Gasteiger partial charge in [-0.25, -0.2) is 13.4 Å². The molecule has 17 heavy (non-hydrogen) atoms. The van der Waals surface area contributed by atoms with Crippen molar-refractivity contribution in [3.63, 3.8) is 0 Å². The molecule has 0 aliphatic heterocycles. The van der Waals surface area contributed by atoms with Crippen molar-refractivity contribution in [3.8, 4) is 6.07 Å². The van der Waals surface area contributed by atoms with Gasteiger partial charge in [0.2, 0.25) is 0 Å². The molecule has 1 unspecified atom stereocenters. The first-order valence-electron chi connectivity index (χ1n) is 5.27. The predicted octanol–water partition coefficient (Wildman–Crippen LogP) is 0.605. The van der Waals surface area contributed by atoms with Crippen LogP contribution < -0.4 is 5.73 Å². The molecule has 1 atom stereocenters. The lowest BCUT2D eigenvalue weighted by Crippen LogP contribution is -2.23. The molecular weight excluding hydrogens is 238 g/mol. The van der Waals surface area contributed by atoms with Crippen LogP contribution in [0.4, 0.5) is 0 Å². The predicted molar refractivity (Wildman–Crippen MR) is 64.7 cm³/mol. The second-order valence-electron chi connectivity index (χ2n) is 3.82. The highest BCUT2D eigenvalue weighted by Gasteiger charge is 2.22. The number of nitrogens with zero attached hydrogens (tertiary/aromatic N) is 2. The van der Waals surface area contributed by atoms with Gasteiger partial charge in [-0.05, 0) is 26.0 Å². The molecule has 0 radical (unpaired) electrons. The SMILES string of the molecule is CC(CCN)S(=O)(=O)Cc1cccnc1C#N. The molecule has 1 heterocycles. The van der Waals surface area contributed by atoms with Crippen molar-refractivity contribution in [2.75, 3.05) is 6.54 Å². The van der Waals surface area contributed by atoms with E-state index in [0.29, 0.717) is 18.5 Å². The van der Waals surface area contributed by atoms with Gasteiger partial charge in [-0.3, -0.25) is 0 Å². The molecule has 0 aliphatic rings. The Morgan fingerprint density at radius 3 is 2.88 bits per heavy atom. The van der Waals surface area contributed by atoms with Gasteiger partial charge in [0.05, 0.1) is 11.0 Å². The molecule has 5 nitrogen and oxygen atoms in total. The average molecular weight is 253 g/mol. The second kappa shape index (κ2) is 5.75. The number of hydrogen-bond acceptors (Lipinski definition) is 5. The maximum absolute atomic E-state index is 12.0. The molecule has 0 aromatic carbocycles. The van der Waals surface area contributed by atoms with E-state index in [1.54, 1.807) is 19.1 Å². The van der Waals surface area contributed by atoms with Crippen LogP contribution in [-0.4, -0.2) is 25.2 Å². The van der Waals surface area contributed by atoms with E-state index < -0.39 is 15.1 Å². The first kappa shape index (κ1) is 13.6. The zero-order chi connectivity index (χ0) is 12.9. The Morgan fingerprint density at radius 1 is 1.59 bits per heavy atom. The van der Waals surface area contributed by atoms with Crippen molar-refractivity contribution in [2.45, 2.75) is 24.3 Å². The van der Waals surface area contributed by atoms with Crippen LogP contribution in [0, 0.1) is 11.3 Å². The zero-order valence-corrected chi connectivity index (χ0v) is 10.4. The number of aromatic nitrogens is 1. The first-order chi connectivity index (χ1) is 8.01. The number of nitriles is 1.